The number of carbonyl (C=O) groups excluding carboxylic acids is 2. The maximum atomic E-state index is 13.0. The van der Waals surface area contributed by atoms with Gasteiger partial charge in [-0.3, -0.25) is 0 Å². The topological polar surface area (TPSA) is 46.6 Å². The first-order valence-electron chi connectivity index (χ1n) is 7.49. The normalized spacial score (nSPS) is 19.8. The lowest BCUT2D eigenvalue weighted by molar-refractivity contribution is -0.110. The molecule has 2 atom stereocenters. The quantitative estimate of drug-likeness (QED) is 0.804. The number of halogens is 1. The van der Waals surface area contributed by atoms with Gasteiger partial charge in [-0.25, -0.2) is 9.18 Å². The minimum Gasteiger partial charge on any atom is -0.444 e. The molecule has 1 aromatic carbocycles. The lowest BCUT2D eigenvalue weighted by Crippen LogP contribution is -2.35. The average Bonchev–Trinajstić information content (AvgIpc) is 2.89. The van der Waals surface area contributed by atoms with Crippen molar-refractivity contribution in [3.8, 4) is 0 Å². The highest BCUT2D eigenvalue weighted by atomic mass is 19.1. The molecule has 1 aliphatic rings. The van der Waals surface area contributed by atoms with Gasteiger partial charge in [0.05, 0.1) is 0 Å². The third kappa shape index (κ3) is 4.06. The summed E-state index contributed by atoms with van der Waals surface area (Å²) in [5, 5.41) is 0. The highest BCUT2D eigenvalue weighted by molar-refractivity contribution is 5.69. The lowest BCUT2D eigenvalue weighted by atomic mass is 9.86. The molecule has 1 fully saturated rings. The van der Waals surface area contributed by atoms with E-state index in [-0.39, 0.29) is 23.7 Å². The Labute approximate surface area is 130 Å². The third-order valence-corrected chi connectivity index (χ3v) is 3.79. The summed E-state index contributed by atoms with van der Waals surface area (Å²) in [5.41, 5.74) is 0.253. The summed E-state index contributed by atoms with van der Waals surface area (Å²) in [7, 11) is 0. The first-order valence-corrected chi connectivity index (χ1v) is 7.49. The van der Waals surface area contributed by atoms with Crippen LogP contribution in [0.15, 0.2) is 24.3 Å². The summed E-state index contributed by atoms with van der Waals surface area (Å²) in [6.07, 6.45) is 1.27. The van der Waals surface area contributed by atoms with Crippen LogP contribution in [0, 0.1) is 11.7 Å². The molecule has 0 spiro atoms. The molecule has 0 radical (unpaired) electrons. The fourth-order valence-corrected chi connectivity index (χ4v) is 2.72. The molecule has 1 saturated heterocycles. The minimum atomic E-state index is -0.532. The zero-order chi connectivity index (χ0) is 16.3. The zero-order valence-electron chi connectivity index (χ0n) is 13.2. The Morgan fingerprint density at radius 2 is 2.00 bits per heavy atom. The van der Waals surface area contributed by atoms with E-state index >= 15 is 0 Å². The van der Waals surface area contributed by atoms with Gasteiger partial charge in [0.1, 0.15) is 17.7 Å². The van der Waals surface area contributed by atoms with Gasteiger partial charge >= 0.3 is 6.09 Å². The van der Waals surface area contributed by atoms with Crippen molar-refractivity contribution in [1.29, 1.82) is 0 Å². The molecule has 1 heterocycles. The van der Waals surface area contributed by atoms with Crippen molar-refractivity contribution < 1.29 is 18.7 Å². The number of amides is 1. The van der Waals surface area contributed by atoms with Crippen LogP contribution < -0.4 is 0 Å². The Morgan fingerprint density at radius 3 is 2.55 bits per heavy atom. The molecule has 1 amide bonds. The van der Waals surface area contributed by atoms with Crippen LogP contribution in [0.5, 0.6) is 0 Å². The van der Waals surface area contributed by atoms with Crippen molar-refractivity contribution in [2.75, 3.05) is 13.1 Å². The van der Waals surface area contributed by atoms with E-state index in [2.05, 4.69) is 0 Å². The molecule has 0 aromatic heterocycles. The predicted octanol–water partition coefficient (Wildman–Crippen LogP) is 3.37. The second kappa shape index (κ2) is 6.46. The van der Waals surface area contributed by atoms with E-state index in [1.54, 1.807) is 17.0 Å². The van der Waals surface area contributed by atoms with Crippen LogP contribution in [0.4, 0.5) is 9.18 Å². The lowest BCUT2D eigenvalue weighted by Gasteiger charge is -2.25. The van der Waals surface area contributed by atoms with Crippen LogP contribution in [0.2, 0.25) is 0 Å². The fourth-order valence-electron chi connectivity index (χ4n) is 2.72. The predicted molar refractivity (Wildman–Crippen MR) is 81.1 cm³/mol. The van der Waals surface area contributed by atoms with Gasteiger partial charge in [-0.2, -0.15) is 0 Å². The molecule has 5 heteroatoms. The summed E-state index contributed by atoms with van der Waals surface area (Å²) in [4.78, 5) is 25.2. The van der Waals surface area contributed by atoms with E-state index in [9.17, 15) is 14.0 Å². The molecular formula is C17H22FNO3. The molecular weight excluding hydrogens is 285 g/mol. The van der Waals surface area contributed by atoms with Crippen molar-refractivity contribution >= 4 is 12.4 Å². The Hall–Kier alpha value is -1.91. The Morgan fingerprint density at radius 1 is 1.36 bits per heavy atom. The number of benzene rings is 1. The van der Waals surface area contributed by atoms with Gasteiger partial charge in [-0.05, 0) is 50.8 Å². The van der Waals surface area contributed by atoms with Crippen LogP contribution in [-0.2, 0) is 9.53 Å². The highest BCUT2D eigenvalue weighted by Gasteiger charge is 2.34. The summed E-state index contributed by atoms with van der Waals surface area (Å²) < 4.78 is 18.4. The maximum Gasteiger partial charge on any atom is 0.410 e. The van der Waals surface area contributed by atoms with E-state index in [4.69, 9.17) is 4.74 Å². The van der Waals surface area contributed by atoms with Crippen molar-refractivity contribution in [3.63, 3.8) is 0 Å². The number of hydrogen-bond donors (Lipinski definition) is 0. The molecule has 4 nitrogen and oxygen atoms in total. The molecule has 22 heavy (non-hydrogen) atoms. The van der Waals surface area contributed by atoms with Gasteiger partial charge in [-0.15, -0.1) is 0 Å². The molecule has 0 N–H and O–H groups in total. The van der Waals surface area contributed by atoms with Gasteiger partial charge < -0.3 is 14.4 Å². The minimum absolute atomic E-state index is 0.0375. The standard InChI is InChI=1S/C17H22FNO3/c1-17(2,3)22-16(21)19-9-8-13(10-19)15(11-20)12-4-6-14(18)7-5-12/h4-7,11,13,15H,8-10H2,1-3H3. The zero-order valence-corrected chi connectivity index (χ0v) is 13.2. The van der Waals surface area contributed by atoms with Gasteiger partial charge in [0.25, 0.3) is 0 Å². The smallest absolute Gasteiger partial charge is 0.410 e. The molecule has 120 valence electrons. The van der Waals surface area contributed by atoms with E-state index in [1.807, 2.05) is 20.8 Å². The third-order valence-electron chi connectivity index (χ3n) is 3.79. The number of ether oxygens (including phenoxy) is 1. The molecule has 1 aromatic rings. The van der Waals surface area contributed by atoms with E-state index < -0.39 is 5.60 Å². The van der Waals surface area contributed by atoms with Crippen LogP contribution >= 0.6 is 0 Å². The van der Waals surface area contributed by atoms with Crippen molar-refractivity contribution in [2.24, 2.45) is 5.92 Å². The molecule has 0 saturated carbocycles. The Balaban J connectivity index is 2.03. The molecule has 2 unspecified atom stereocenters. The summed E-state index contributed by atoms with van der Waals surface area (Å²) in [6, 6.07) is 5.97. The second-order valence-electron chi connectivity index (χ2n) is 6.69. The number of carbonyl (C=O) groups is 2. The summed E-state index contributed by atoms with van der Waals surface area (Å²) >= 11 is 0. The largest absolute Gasteiger partial charge is 0.444 e. The molecule has 1 aliphatic heterocycles. The monoisotopic (exact) mass is 307 g/mol. The SMILES string of the molecule is CC(C)(C)OC(=O)N1CCC(C(C=O)c2ccc(F)cc2)C1. The summed E-state index contributed by atoms with van der Waals surface area (Å²) in [5.74, 6) is -0.612. The molecule has 0 bridgehead atoms. The van der Waals surface area contributed by atoms with Crippen LogP contribution in [0.3, 0.4) is 0 Å². The van der Waals surface area contributed by atoms with Gasteiger partial charge in [0.2, 0.25) is 0 Å². The van der Waals surface area contributed by atoms with Crippen molar-refractivity contribution in [3.05, 3.63) is 35.6 Å². The van der Waals surface area contributed by atoms with E-state index in [0.717, 1.165) is 18.3 Å². The second-order valence-corrected chi connectivity index (χ2v) is 6.69. The fraction of sp³-hybridized carbons (Fsp3) is 0.529. The number of hydrogen-bond acceptors (Lipinski definition) is 3. The van der Waals surface area contributed by atoms with Crippen molar-refractivity contribution in [1.82, 2.24) is 4.90 Å². The molecule has 0 aliphatic carbocycles. The van der Waals surface area contributed by atoms with Gasteiger partial charge in [0.15, 0.2) is 0 Å². The first kappa shape index (κ1) is 16.5. The van der Waals surface area contributed by atoms with E-state index in [0.29, 0.717) is 13.1 Å². The number of aldehydes is 1. The number of nitrogens with zero attached hydrogens (tertiary/aromatic N) is 1. The van der Waals surface area contributed by atoms with E-state index in [1.165, 1.54) is 12.1 Å². The number of rotatable bonds is 3. The average molecular weight is 307 g/mol. The highest BCUT2D eigenvalue weighted by Crippen LogP contribution is 2.31. The van der Waals surface area contributed by atoms with Crippen LogP contribution in [0.1, 0.15) is 38.7 Å². The van der Waals surface area contributed by atoms with Crippen molar-refractivity contribution in [2.45, 2.75) is 38.7 Å². The van der Waals surface area contributed by atoms with Gasteiger partial charge in [0, 0.05) is 19.0 Å². The van der Waals surface area contributed by atoms with Crippen LogP contribution in [0.25, 0.3) is 0 Å². The Bertz CT molecular complexity index is 536. The summed E-state index contributed by atoms with van der Waals surface area (Å²) in [6.45, 7) is 6.53. The Kier molecular flexibility index (Phi) is 4.84. The first-order chi connectivity index (χ1) is 10.3. The van der Waals surface area contributed by atoms with Crippen LogP contribution in [-0.4, -0.2) is 36.0 Å². The van der Waals surface area contributed by atoms with Gasteiger partial charge in [-0.1, -0.05) is 12.1 Å². The maximum absolute atomic E-state index is 13.0. The number of likely N-dealkylation sites (tertiary alicyclic amines) is 1. The molecule has 2 rings (SSSR count).